The van der Waals surface area contributed by atoms with Crippen molar-refractivity contribution in [3.63, 3.8) is 0 Å². The summed E-state index contributed by atoms with van der Waals surface area (Å²) in [7, 11) is 3.08. The van der Waals surface area contributed by atoms with Crippen LogP contribution in [0.1, 0.15) is 19.4 Å². The van der Waals surface area contributed by atoms with E-state index >= 15 is 0 Å². The highest BCUT2D eigenvalue weighted by Gasteiger charge is 2.50. The van der Waals surface area contributed by atoms with E-state index in [1.165, 1.54) is 11.9 Å². The second-order valence-electron chi connectivity index (χ2n) is 8.65. The lowest BCUT2D eigenvalue weighted by Gasteiger charge is -2.26. The van der Waals surface area contributed by atoms with Crippen LogP contribution in [0.15, 0.2) is 42.5 Å². The molecule has 10 nitrogen and oxygen atoms in total. The van der Waals surface area contributed by atoms with Crippen LogP contribution in [-0.2, 0) is 16.0 Å². The first-order valence-corrected chi connectivity index (χ1v) is 10.9. The Balaban J connectivity index is 1.71. The molecule has 0 saturated carbocycles. The Hall–Kier alpha value is -4.10. The average molecular weight is 481 g/mol. The maximum absolute atomic E-state index is 12.7. The number of hydrogen-bond acceptors (Lipinski definition) is 7. The van der Waals surface area contributed by atoms with Crippen LogP contribution < -0.4 is 9.47 Å². The third kappa shape index (κ3) is 5.20. The normalized spacial score (nSPS) is 15.5. The molecule has 10 heteroatoms. The smallest absolute Gasteiger partial charge is 0.327 e. The number of benzene rings is 2. The molecule has 184 valence electrons. The molecule has 1 aliphatic rings. The summed E-state index contributed by atoms with van der Waals surface area (Å²) in [4.78, 5) is 38.7. The molecular weight excluding hydrogens is 452 g/mol. The zero-order chi connectivity index (χ0) is 25.8. The van der Waals surface area contributed by atoms with Gasteiger partial charge >= 0.3 is 6.03 Å². The fraction of sp³-hybridized carbons (Fsp3) is 0.360. The number of hydroxylamine groups is 2. The van der Waals surface area contributed by atoms with Gasteiger partial charge in [0.25, 0.3) is 5.91 Å². The molecule has 1 N–H and O–H groups in total. The van der Waals surface area contributed by atoms with Gasteiger partial charge in [0.05, 0.1) is 26.1 Å². The molecule has 1 fully saturated rings. The van der Waals surface area contributed by atoms with E-state index < -0.39 is 23.5 Å². The van der Waals surface area contributed by atoms with Crippen LogP contribution in [-0.4, -0.2) is 77.3 Å². The lowest BCUT2D eigenvalue weighted by molar-refractivity contribution is -0.165. The fourth-order valence-corrected chi connectivity index (χ4v) is 3.77. The minimum atomic E-state index is -1.02. The zero-order valence-corrected chi connectivity index (χ0v) is 20.1. The highest BCUT2D eigenvalue weighted by Crippen LogP contribution is 2.29. The van der Waals surface area contributed by atoms with Crippen molar-refractivity contribution in [3.05, 3.63) is 48.0 Å². The van der Waals surface area contributed by atoms with Gasteiger partial charge in [0.1, 0.15) is 29.7 Å². The van der Waals surface area contributed by atoms with Crippen molar-refractivity contribution in [2.45, 2.75) is 31.8 Å². The number of ether oxygens (including phenoxy) is 2. The van der Waals surface area contributed by atoms with Crippen LogP contribution in [0.3, 0.4) is 0 Å². The molecule has 35 heavy (non-hydrogen) atoms. The molecule has 0 radical (unpaired) electrons. The number of nitrogens with zero attached hydrogens (tertiary/aromatic N) is 4. The summed E-state index contributed by atoms with van der Waals surface area (Å²) >= 11 is 0. The first-order chi connectivity index (χ1) is 16.6. The molecule has 1 aliphatic heterocycles. The molecule has 0 aromatic heterocycles. The van der Waals surface area contributed by atoms with Crippen molar-refractivity contribution < 1.29 is 29.1 Å². The number of carbonyl (C=O) groups excluding carboxylic acids is 3. The van der Waals surface area contributed by atoms with Crippen LogP contribution >= 0.6 is 0 Å². The predicted molar refractivity (Wildman–Crippen MR) is 126 cm³/mol. The summed E-state index contributed by atoms with van der Waals surface area (Å²) in [5.41, 5.74) is 1.56. The van der Waals surface area contributed by atoms with Gasteiger partial charge in [-0.15, -0.1) is 0 Å². The number of amides is 4. The van der Waals surface area contributed by atoms with E-state index in [0.29, 0.717) is 16.6 Å². The quantitative estimate of drug-likeness (QED) is 0.240. The number of likely N-dealkylation sites (N-methyl/N-ethyl adjacent to an activating group) is 1. The summed E-state index contributed by atoms with van der Waals surface area (Å²) in [6, 6.07) is 13.4. The number of imide groups is 1. The summed E-state index contributed by atoms with van der Waals surface area (Å²) in [6.45, 7) is 2.89. The third-order valence-corrected chi connectivity index (χ3v) is 6.18. The average Bonchev–Trinajstić information content (AvgIpc) is 3.00. The minimum Gasteiger partial charge on any atom is -0.496 e. The molecule has 1 heterocycles. The van der Waals surface area contributed by atoms with E-state index in [1.807, 2.05) is 30.3 Å². The van der Waals surface area contributed by atoms with Crippen LogP contribution in [0, 0.1) is 11.3 Å². The highest BCUT2D eigenvalue weighted by molar-refractivity contribution is 6.06. The molecule has 1 unspecified atom stereocenters. The highest BCUT2D eigenvalue weighted by atomic mass is 16.5. The molecule has 0 bridgehead atoms. The van der Waals surface area contributed by atoms with Crippen LogP contribution in [0.25, 0.3) is 11.1 Å². The summed E-state index contributed by atoms with van der Waals surface area (Å²) in [5, 5.41) is 19.5. The third-order valence-electron chi connectivity index (χ3n) is 6.18. The largest absolute Gasteiger partial charge is 0.496 e. The maximum Gasteiger partial charge on any atom is 0.327 e. The maximum atomic E-state index is 12.7. The van der Waals surface area contributed by atoms with Crippen molar-refractivity contribution in [2.24, 2.45) is 0 Å². The Morgan fingerprint density at radius 2 is 1.83 bits per heavy atom. The van der Waals surface area contributed by atoms with E-state index in [0.717, 1.165) is 21.6 Å². The molecule has 0 spiro atoms. The van der Waals surface area contributed by atoms with E-state index in [-0.39, 0.29) is 26.0 Å². The Kier molecular flexibility index (Phi) is 7.62. The number of rotatable bonds is 10. The van der Waals surface area contributed by atoms with Gasteiger partial charge in [-0.2, -0.15) is 5.26 Å². The number of methoxy groups -OCH3 is 1. The van der Waals surface area contributed by atoms with Gasteiger partial charge in [-0.1, -0.05) is 18.2 Å². The molecular formula is C25H28N4O6. The zero-order valence-electron chi connectivity index (χ0n) is 20.1. The Bertz CT molecular complexity index is 1140. The van der Waals surface area contributed by atoms with Gasteiger partial charge in [0.2, 0.25) is 6.41 Å². The standard InChI is InChI=1S/C25H28N4O6/c1-25(2)23(31)28(24(32)27(25)3)14-20(29(33)16-30)15-35-21-8-5-17(6-9-21)18-7-10-22(34-4)19(13-18)11-12-26/h5-10,13,16,20,33H,11,14-15H2,1-4H3. The fourth-order valence-electron chi connectivity index (χ4n) is 3.77. The number of carbonyl (C=O) groups is 3. The van der Waals surface area contributed by atoms with Crippen molar-refractivity contribution in [1.29, 1.82) is 5.26 Å². The number of nitriles is 1. The van der Waals surface area contributed by atoms with Gasteiger partial charge in [-0.3, -0.25) is 19.7 Å². The van der Waals surface area contributed by atoms with Crippen molar-refractivity contribution in [2.75, 3.05) is 27.3 Å². The van der Waals surface area contributed by atoms with E-state index in [1.54, 1.807) is 33.1 Å². The Morgan fingerprint density at radius 3 is 2.37 bits per heavy atom. The van der Waals surface area contributed by atoms with E-state index in [2.05, 4.69) is 6.07 Å². The number of urea groups is 1. The lowest BCUT2D eigenvalue weighted by Crippen LogP contribution is -2.48. The molecule has 0 aliphatic carbocycles. The van der Waals surface area contributed by atoms with Crippen molar-refractivity contribution >= 4 is 18.3 Å². The van der Waals surface area contributed by atoms with Crippen molar-refractivity contribution in [1.82, 2.24) is 14.9 Å². The molecule has 3 rings (SSSR count). The van der Waals surface area contributed by atoms with Crippen molar-refractivity contribution in [3.8, 4) is 28.7 Å². The Labute approximate surface area is 203 Å². The van der Waals surface area contributed by atoms with E-state index in [9.17, 15) is 19.6 Å². The second-order valence-corrected chi connectivity index (χ2v) is 8.65. The van der Waals surface area contributed by atoms with E-state index in [4.69, 9.17) is 14.7 Å². The topological polar surface area (TPSA) is 123 Å². The monoisotopic (exact) mass is 480 g/mol. The molecule has 1 saturated heterocycles. The summed E-state index contributed by atoms with van der Waals surface area (Å²) in [5.74, 6) is 0.698. The summed E-state index contributed by atoms with van der Waals surface area (Å²) < 4.78 is 11.1. The molecule has 1 atom stereocenters. The molecule has 4 amide bonds. The first kappa shape index (κ1) is 25.5. The van der Waals surface area contributed by atoms with Crippen LogP contribution in [0.5, 0.6) is 11.5 Å². The SMILES string of the molecule is COc1ccc(-c2ccc(OCC(CN3C(=O)N(C)C(C)(C)C3=O)N(O)C=O)cc2)cc1CC#N. The predicted octanol–water partition coefficient (Wildman–Crippen LogP) is 2.70. The molecule has 2 aromatic carbocycles. The summed E-state index contributed by atoms with van der Waals surface area (Å²) in [6.07, 6.45) is 0.433. The van der Waals surface area contributed by atoms with Crippen LogP contribution in [0.4, 0.5) is 4.79 Å². The minimum absolute atomic E-state index is 0.148. The lowest BCUT2D eigenvalue weighted by atomic mass is 10.0. The van der Waals surface area contributed by atoms with Gasteiger partial charge in [0, 0.05) is 12.6 Å². The number of hydrogen-bond donors (Lipinski definition) is 1. The second kappa shape index (κ2) is 10.4. The first-order valence-electron chi connectivity index (χ1n) is 10.9. The van der Waals surface area contributed by atoms with Gasteiger partial charge < -0.3 is 14.4 Å². The van der Waals surface area contributed by atoms with Gasteiger partial charge in [-0.25, -0.2) is 9.86 Å². The van der Waals surface area contributed by atoms with Crippen LogP contribution in [0.2, 0.25) is 0 Å². The van der Waals surface area contributed by atoms with Gasteiger partial charge in [-0.05, 0) is 49.2 Å². The Morgan fingerprint density at radius 1 is 1.17 bits per heavy atom. The van der Waals surface area contributed by atoms with Gasteiger partial charge in [0.15, 0.2) is 0 Å². The molecule has 2 aromatic rings.